The minimum absolute atomic E-state index is 0.0339. The van der Waals surface area contributed by atoms with Crippen molar-refractivity contribution in [2.75, 3.05) is 36.2 Å². The Morgan fingerprint density at radius 3 is 2.11 bits per heavy atom. The number of aryl methyl sites for hydroxylation is 1. The van der Waals surface area contributed by atoms with E-state index in [2.05, 4.69) is 20.4 Å². The van der Waals surface area contributed by atoms with Crippen LogP contribution in [-0.4, -0.2) is 44.7 Å². The molecule has 192 valence electrons. The molecule has 1 amide bonds. The van der Waals surface area contributed by atoms with Crippen LogP contribution < -0.4 is 30.5 Å². The van der Waals surface area contributed by atoms with Crippen molar-refractivity contribution < 1.29 is 22.7 Å². The second-order valence-corrected chi connectivity index (χ2v) is 9.61. The van der Waals surface area contributed by atoms with Crippen LogP contribution >= 0.6 is 0 Å². The van der Waals surface area contributed by atoms with Gasteiger partial charge < -0.3 is 14.8 Å². The topological polar surface area (TPSA) is 141 Å². The zero-order valence-corrected chi connectivity index (χ0v) is 21.1. The number of sulfonamides is 1. The van der Waals surface area contributed by atoms with Gasteiger partial charge in [0.15, 0.2) is 0 Å². The van der Waals surface area contributed by atoms with Gasteiger partial charge >= 0.3 is 0 Å². The van der Waals surface area contributed by atoms with Crippen molar-refractivity contribution in [2.45, 2.75) is 11.8 Å². The number of nitrogens with zero attached hydrogens (tertiary/aromatic N) is 2. The summed E-state index contributed by atoms with van der Waals surface area (Å²) in [5.74, 6) is 1.01. The number of carbonyl (C=O) groups excluding carboxylic acids is 1. The molecule has 3 aromatic carbocycles. The molecule has 0 fully saturated rings. The van der Waals surface area contributed by atoms with Crippen LogP contribution in [0, 0.1) is 6.92 Å². The lowest BCUT2D eigenvalue weighted by molar-refractivity contribution is -0.115. The highest BCUT2D eigenvalue weighted by molar-refractivity contribution is 7.92. The normalized spacial score (nSPS) is 11.1. The summed E-state index contributed by atoms with van der Waals surface area (Å²) in [4.78, 5) is 29.9. The lowest BCUT2D eigenvalue weighted by Crippen LogP contribution is -2.38. The van der Waals surface area contributed by atoms with Gasteiger partial charge in [-0.25, -0.2) is 18.1 Å². The summed E-state index contributed by atoms with van der Waals surface area (Å²) in [5.41, 5.74) is 3.22. The van der Waals surface area contributed by atoms with Gasteiger partial charge in [0, 0.05) is 11.4 Å². The van der Waals surface area contributed by atoms with Gasteiger partial charge in [0.2, 0.25) is 0 Å². The molecule has 0 unspecified atom stereocenters. The zero-order chi connectivity index (χ0) is 26.6. The van der Waals surface area contributed by atoms with E-state index < -0.39 is 21.5 Å². The van der Waals surface area contributed by atoms with Crippen LogP contribution in [-0.2, 0) is 14.8 Å². The van der Waals surface area contributed by atoms with Gasteiger partial charge in [-0.3, -0.25) is 19.7 Å². The number of benzene rings is 3. The van der Waals surface area contributed by atoms with E-state index in [-0.39, 0.29) is 22.7 Å². The molecule has 0 aliphatic carbocycles. The van der Waals surface area contributed by atoms with Gasteiger partial charge in [-0.05, 0) is 73.7 Å². The molecule has 4 aromatic rings. The number of rotatable bonds is 9. The van der Waals surface area contributed by atoms with E-state index in [9.17, 15) is 18.0 Å². The van der Waals surface area contributed by atoms with Crippen molar-refractivity contribution in [3.63, 3.8) is 0 Å². The van der Waals surface area contributed by atoms with Crippen molar-refractivity contribution in [3.05, 3.63) is 82.9 Å². The lowest BCUT2D eigenvalue weighted by atomic mass is 10.2. The highest BCUT2D eigenvalue weighted by atomic mass is 32.2. The molecule has 3 N–H and O–H groups in total. The predicted molar refractivity (Wildman–Crippen MR) is 140 cm³/mol. The van der Waals surface area contributed by atoms with Gasteiger partial charge in [0.05, 0.1) is 36.6 Å². The van der Waals surface area contributed by atoms with Crippen molar-refractivity contribution >= 4 is 38.2 Å². The number of aromatic nitrogens is 2. The molecule has 0 aliphatic heterocycles. The molecular weight excluding hydrogens is 498 g/mol. The van der Waals surface area contributed by atoms with E-state index in [1.54, 1.807) is 62.6 Å². The third-order valence-corrected chi connectivity index (χ3v) is 6.82. The predicted octanol–water partition coefficient (Wildman–Crippen LogP) is 2.71. The average molecular weight is 524 g/mol. The van der Waals surface area contributed by atoms with Crippen molar-refractivity contribution in [3.8, 4) is 11.5 Å². The SMILES string of the molecule is COc1ccc(NCC(=O)Nn2c(C)nc3ccc(S(=O)(=O)Nc4ccc(OC)cc4)cc3c2=O)cc1. The van der Waals surface area contributed by atoms with Gasteiger partial charge in [-0.2, -0.15) is 0 Å². The number of nitrogens with one attached hydrogen (secondary N) is 3. The van der Waals surface area contributed by atoms with Crippen molar-refractivity contribution in [1.29, 1.82) is 0 Å². The lowest BCUT2D eigenvalue weighted by Gasteiger charge is -2.14. The van der Waals surface area contributed by atoms with E-state index in [1.165, 1.54) is 25.3 Å². The number of fused-ring (bicyclic) bond motifs is 1. The van der Waals surface area contributed by atoms with E-state index in [1.807, 2.05) is 0 Å². The quantitative estimate of drug-likeness (QED) is 0.304. The molecule has 0 spiro atoms. The Balaban J connectivity index is 1.55. The first-order valence-electron chi connectivity index (χ1n) is 11.1. The van der Waals surface area contributed by atoms with Crippen molar-refractivity contribution in [1.82, 2.24) is 9.66 Å². The van der Waals surface area contributed by atoms with Crippen LogP contribution in [0.2, 0.25) is 0 Å². The Labute approximate surface area is 213 Å². The smallest absolute Gasteiger partial charge is 0.280 e. The summed E-state index contributed by atoms with van der Waals surface area (Å²) in [7, 11) is -0.935. The number of anilines is 2. The van der Waals surface area contributed by atoms with E-state index in [4.69, 9.17) is 9.47 Å². The molecule has 1 aromatic heterocycles. The highest BCUT2D eigenvalue weighted by Gasteiger charge is 2.18. The molecule has 37 heavy (non-hydrogen) atoms. The van der Waals surface area contributed by atoms with E-state index in [0.717, 1.165) is 4.68 Å². The Hall–Kier alpha value is -4.58. The number of methoxy groups -OCH3 is 2. The second-order valence-electron chi connectivity index (χ2n) is 7.93. The molecule has 4 rings (SSSR count). The summed E-state index contributed by atoms with van der Waals surface area (Å²) < 4.78 is 39.5. The molecular formula is C25H25N5O6S. The first-order valence-corrected chi connectivity index (χ1v) is 12.6. The van der Waals surface area contributed by atoms with Gasteiger partial charge in [0.1, 0.15) is 17.3 Å². The van der Waals surface area contributed by atoms with Crippen LogP contribution in [0.1, 0.15) is 5.82 Å². The van der Waals surface area contributed by atoms with Crippen LogP contribution in [0.5, 0.6) is 11.5 Å². The summed E-state index contributed by atoms with van der Waals surface area (Å²) in [5, 5.41) is 2.99. The van der Waals surface area contributed by atoms with Crippen LogP contribution in [0.25, 0.3) is 10.9 Å². The Bertz CT molecular complexity index is 1600. The van der Waals surface area contributed by atoms with Gasteiger partial charge in [-0.15, -0.1) is 0 Å². The maximum Gasteiger partial charge on any atom is 0.280 e. The van der Waals surface area contributed by atoms with E-state index >= 15 is 0 Å². The molecule has 0 atom stereocenters. The van der Waals surface area contributed by atoms with Crippen molar-refractivity contribution in [2.24, 2.45) is 0 Å². The molecule has 1 heterocycles. The molecule has 0 radical (unpaired) electrons. The maximum absolute atomic E-state index is 13.2. The van der Waals surface area contributed by atoms with Crippen LogP contribution in [0.15, 0.2) is 76.4 Å². The molecule has 0 aliphatic rings. The first-order chi connectivity index (χ1) is 17.7. The molecule has 0 saturated carbocycles. The monoisotopic (exact) mass is 523 g/mol. The Morgan fingerprint density at radius 2 is 1.51 bits per heavy atom. The fourth-order valence-electron chi connectivity index (χ4n) is 3.50. The highest BCUT2D eigenvalue weighted by Crippen LogP contribution is 2.21. The maximum atomic E-state index is 13.2. The summed E-state index contributed by atoms with van der Waals surface area (Å²) in [6, 6.07) is 17.4. The number of hydrogen-bond donors (Lipinski definition) is 3. The third-order valence-electron chi connectivity index (χ3n) is 5.44. The fraction of sp³-hybridized carbons (Fsp3) is 0.160. The second kappa shape index (κ2) is 10.6. The minimum Gasteiger partial charge on any atom is -0.497 e. The largest absolute Gasteiger partial charge is 0.497 e. The summed E-state index contributed by atoms with van der Waals surface area (Å²) in [6.07, 6.45) is 0. The zero-order valence-electron chi connectivity index (χ0n) is 20.3. The minimum atomic E-state index is -4.00. The van der Waals surface area contributed by atoms with Crippen LogP contribution in [0.4, 0.5) is 11.4 Å². The number of carbonyl (C=O) groups is 1. The molecule has 0 saturated heterocycles. The average Bonchev–Trinajstić information content (AvgIpc) is 2.90. The molecule has 11 nitrogen and oxygen atoms in total. The Morgan fingerprint density at radius 1 is 0.919 bits per heavy atom. The van der Waals surface area contributed by atoms with Gasteiger partial charge in [0.25, 0.3) is 21.5 Å². The number of ether oxygens (including phenoxy) is 2. The van der Waals surface area contributed by atoms with Gasteiger partial charge in [-0.1, -0.05) is 0 Å². The Kier molecular flexibility index (Phi) is 7.30. The van der Waals surface area contributed by atoms with Crippen LogP contribution in [0.3, 0.4) is 0 Å². The first kappa shape index (κ1) is 25.5. The molecule has 12 heteroatoms. The number of amides is 1. The number of hydrogen-bond acceptors (Lipinski definition) is 8. The molecule has 0 bridgehead atoms. The third kappa shape index (κ3) is 5.81. The van der Waals surface area contributed by atoms with E-state index in [0.29, 0.717) is 28.4 Å². The fourth-order valence-corrected chi connectivity index (χ4v) is 4.59. The summed E-state index contributed by atoms with van der Waals surface area (Å²) in [6.45, 7) is 1.45. The standard InChI is InChI=1S/C25H25N5O6S/c1-16-27-23-13-12-21(37(33,34)29-18-6-10-20(36-3)11-7-18)14-22(23)25(32)30(16)28-24(31)15-26-17-4-8-19(35-2)9-5-17/h4-14,26,29H,15H2,1-3H3,(H,28,31). The summed E-state index contributed by atoms with van der Waals surface area (Å²) >= 11 is 0.